The topological polar surface area (TPSA) is 65.8 Å². The minimum Gasteiger partial charge on any atom is -0.494 e. The van der Waals surface area contributed by atoms with Crippen LogP contribution in [0.2, 0.25) is 5.15 Å². The number of hydrogen-bond acceptors (Lipinski definition) is 6. The molecule has 0 radical (unpaired) electrons. The Morgan fingerprint density at radius 2 is 1.95 bits per heavy atom. The summed E-state index contributed by atoms with van der Waals surface area (Å²) in [6.07, 6.45) is 1.36. The minimum absolute atomic E-state index is 0.00870. The van der Waals surface area contributed by atoms with E-state index in [2.05, 4.69) is 10.4 Å². The maximum atomic E-state index is 13.7. The molecule has 1 aliphatic carbocycles. The first-order chi connectivity index (χ1) is 19.5. The molecule has 1 fully saturated rings. The number of allylic oxidation sites excluding steroid dienone is 1. The van der Waals surface area contributed by atoms with E-state index in [0.717, 1.165) is 28.8 Å². The summed E-state index contributed by atoms with van der Waals surface area (Å²) in [6, 6.07) is 11.9. The number of imidazole rings is 1. The van der Waals surface area contributed by atoms with Crippen LogP contribution in [0.4, 0.5) is 23.2 Å². The first-order valence-corrected chi connectivity index (χ1v) is 13.6. The third-order valence-electron chi connectivity index (χ3n) is 8.09. The third-order valence-corrected chi connectivity index (χ3v) is 8.28. The second-order valence-electron chi connectivity index (χ2n) is 10.6. The fourth-order valence-corrected chi connectivity index (χ4v) is 6.13. The Kier molecular flexibility index (Phi) is 6.89. The summed E-state index contributed by atoms with van der Waals surface area (Å²) < 4.78 is 62.0. The number of hydrogen-bond donors (Lipinski definition) is 2. The van der Waals surface area contributed by atoms with Gasteiger partial charge < -0.3 is 19.3 Å². The molecule has 3 heterocycles. The highest BCUT2D eigenvalue weighted by molar-refractivity contribution is 6.29. The van der Waals surface area contributed by atoms with Crippen molar-refractivity contribution in [1.82, 2.24) is 19.5 Å². The smallest absolute Gasteiger partial charge is 0.418 e. The predicted molar refractivity (Wildman–Crippen MR) is 146 cm³/mol. The molecular formula is C29H28ClF4N5O2. The lowest BCUT2D eigenvalue weighted by Gasteiger charge is -2.35. The quantitative estimate of drug-likeness (QED) is 0.342. The van der Waals surface area contributed by atoms with Crippen molar-refractivity contribution in [1.29, 1.82) is 0 Å². The number of halogens is 5. The maximum absolute atomic E-state index is 13.7. The van der Waals surface area contributed by atoms with Crippen molar-refractivity contribution in [3.05, 3.63) is 94.6 Å². The Morgan fingerprint density at radius 3 is 2.61 bits per heavy atom. The summed E-state index contributed by atoms with van der Waals surface area (Å²) in [5, 5.41) is 12.6. The van der Waals surface area contributed by atoms with Gasteiger partial charge in [0.1, 0.15) is 23.0 Å². The number of rotatable bonds is 6. The maximum Gasteiger partial charge on any atom is 0.418 e. The molecule has 7 nitrogen and oxygen atoms in total. The number of hydrazine groups is 1. The summed E-state index contributed by atoms with van der Waals surface area (Å²) in [5.74, 6) is 0.225. The first-order valence-electron chi connectivity index (χ1n) is 13.2. The molecule has 0 saturated carbocycles. The standard InChI is InChI=1S/C29H28ClF4N5O2/c1-41-26-12-20(6-9-24(26)38-15-27(30)35-17-38)36-39-13-23-21(18-2-4-19(31)5-3-18)7-8-22(23)25(14-39)37-11-10-28(40,16-37)29(32,33)34/h2-6,9,12,14-15,17,21,36,40H,7-8,10-11,13,16H2,1H3. The van der Waals surface area contributed by atoms with Gasteiger partial charge in [0, 0.05) is 37.3 Å². The van der Waals surface area contributed by atoms with E-state index in [1.165, 1.54) is 12.1 Å². The van der Waals surface area contributed by atoms with E-state index in [1.54, 1.807) is 41.2 Å². The van der Waals surface area contributed by atoms with Gasteiger partial charge in [-0.3, -0.25) is 10.4 Å². The second kappa shape index (κ2) is 10.3. The van der Waals surface area contributed by atoms with Crippen molar-refractivity contribution in [2.24, 2.45) is 0 Å². The zero-order chi connectivity index (χ0) is 28.9. The molecule has 6 rings (SSSR count). The van der Waals surface area contributed by atoms with Gasteiger partial charge >= 0.3 is 6.18 Å². The molecule has 41 heavy (non-hydrogen) atoms. The number of alkyl halides is 3. The van der Waals surface area contributed by atoms with Gasteiger partial charge in [-0.25, -0.2) is 9.37 Å². The number of β-amino-alcohol motifs (C(OH)–C–C–N with tert-alkyl or cyclic N) is 1. The predicted octanol–water partition coefficient (Wildman–Crippen LogP) is 6.03. The summed E-state index contributed by atoms with van der Waals surface area (Å²) in [6.45, 7) is 0.00721. The van der Waals surface area contributed by atoms with Crippen LogP contribution >= 0.6 is 11.6 Å². The lowest BCUT2D eigenvalue weighted by atomic mass is 9.91. The molecule has 0 amide bonds. The van der Waals surface area contributed by atoms with Crippen molar-refractivity contribution in [3.63, 3.8) is 0 Å². The van der Waals surface area contributed by atoms with E-state index in [4.69, 9.17) is 16.3 Å². The average Bonchev–Trinajstić information content (AvgIpc) is 3.67. The number of anilines is 1. The molecule has 2 N–H and O–H groups in total. The van der Waals surface area contributed by atoms with Gasteiger partial charge in [0.15, 0.2) is 5.60 Å². The number of aromatic nitrogens is 2. The van der Waals surface area contributed by atoms with Crippen LogP contribution in [0.25, 0.3) is 5.69 Å². The van der Waals surface area contributed by atoms with E-state index in [1.807, 2.05) is 29.4 Å². The molecule has 12 heteroatoms. The van der Waals surface area contributed by atoms with Crippen LogP contribution in [-0.2, 0) is 0 Å². The van der Waals surface area contributed by atoms with Gasteiger partial charge in [-0.15, -0.1) is 0 Å². The van der Waals surface area contributed by atoms with Crippen LogP contribution in [0.5, 0.6) is 5.75 Å². The molecule has 2 aliphatic heterocycles. The van der Waals surface area contributed by atoms with Gasteiger partial charge in [-0.2, -0.15) is 13.2 Å². The first kappa shape index (κ1) is 27.5. The molecular weight excluding hydrogens is 562 g/mol. The molecule has 0 bridgehead atoms. The van der Waals surface area contributed by atoms with E-state index in [9.17, 15) is 22.7 Å². The Hall–Kier alpha value is -3.70. The van der Waals surface area contributed by atoms with Crippen LogP contribution in [0.1, 0.15) is 30.7 Å². The van der Waals surface area contributed by atoms with E-state index in [-0.39, 0.29) is 18.3 Å². The van der Waals surface area contributed by atoms with E-state index < -0.39 is 24.7 Å². The van der Waals surface area contributed by atoms with E-state index >= 15 is 0 Å². The molecule has 2 unspecified atom stereocenters. The molecule has 2 atom stereocenters. The number of benzene rings is 2. The molecule has 3 aromatic rings. The highest BCUT2D eigenvalue weighted by Crippen LogP contribution is 2.47. The number of methoxy groups -OCH3 is 1. The van der Waals surface area contributed by atoms with Crippen LogP contribution in [0.3, 0.4) is 0 Å². The molecule has 2 aromatic carbocycles. The molecule has 216 valence electrons. The summed E-state index contributed by atoms with van der Waals surface area (Å²) >= 11 is 5.98. The van der Waals surface area contributed by atoms with Crippen molar-refractivity contribution in [2.75, 3.05) is 32.2 Å². The summed E-state index contributed by atoms with van der Waals surface area (Å²) in [4.78, 5) is 5.67. The van der Waals surface area contributed by atoms with Crippen molar-refractivity contribution >= 4 is 17.3 Å². The van der Waals surface area contributed by atoms with Gasteiger partial charge in [0.25, 0.3) is 0 Å². The third kappa shape index (κ3) is 5.12. The van der Waals surface area contributed by atoms with Crippen molar-refractivity contribution < 1.29 is 27.4 Å². The SMILES string of the molecule is COc1cc(NN2C=C(N3CCC(O)(C(F)(F)F)C3)C3=C(C2)C(c2ccc(F)cc2)CC3)ccc1-n1cnc(Cl)c1. The van der Waals surface area contributed by atoms with Crippen LogP contribution in [0.15, 0.2) is 78.0 Å². The van der Waals surface area contributed by atoms with Gasteiger partial charge in [-0.1, -0.05) is 23.7 Å². The lowest BCUT2D eigenvalue weighted by Crippen LogP contribution is -2.47. The normalized spacial score (nSPS) is 22.7. The van der Waals surface area contributed by atoms with Gasteiger partial charge in [0.05, 0.1) is 37.3 Å². The number of ether oxygens (including phenoxy) is 1. The number of aliphatic hydroxyl groups is 1. The van der Waals surface area contributed by atoms with Crippen LogP contribution in [0, 0.1) is 5.82 Å². The molecule has 1 saturated heterocycles. The fraction of sp³-hybridized carbons (Fsp3) is 0.345. The zero-order valence-corrected chi connectivity index (χ0v) is 22.9. The molecule has 0 spiro atoms. The average molecular weight is 590 g/mol. The monoisotopic (exact) mass is 589 g/mol. The summed E-state index contributed by atoms with van der Waals surface area (Å²) in [5.41, 5.74) is 5.66. The highest BCUT2D eigenvalue weighted by Gasteiger charge is 2.57. The molecule has 1 aromatic heterocycles. The Labute approximate surface area is 239 Å². The van der Waals surface area contributed by atoms with Crippen LogP contribution in [-0.4, -0.2) is 63.1 Å². The van der Waals surface area contributed by atoms with Crippen molar-refractivity contribution in [2.45, 2.75) is 37.0 Å². The Balaban J connectivity index is 1.33. The zero-order valence-electron chi connectivity index (χ0n) is 22.1. The Morgan fingerprint density at radius 1 is 1.17 bits per heavy atom. The Bertz CT molecular complexity index is 1520. The molecule has 3 aliphatic rings. The van der Waals surface area contributed by atoms with E-state index in [0.29, 0.717) is 35.3 Å². The number of nitrogens with one attached hydrogen (secondary N) is 1. The van der Waals surface area contributed by atoms with Gasteiger partial charge in [-0.05, 0) is 53.8 Å². The van der Waals surface area contributed by atoms with Crippen LogP contribution < -0.4 is 10.2 Å². The lowest BCUT2D eigenvalue weighted by molar-refractivity contribution is -0.253. The largest absolute Gasteiger partial charge is 0.494 e. The number of nitrogens with zero attached hydrogens (tertiary/aromatic N) is 4. The number of likely N-dealkylation sites (tertiary alicyclic amines) is 1. The fourth-order valence-electron chi connectivity index (χ4n) is 5.98. The summed E-state index contributed by atoms with van der Waals surface area (Å²) in [7, 11) is 1.55. The highest BCUT2D eigenvalue weighted by atomic mass is 35.5. The van der Waals surface area contributed by atoms with Gasteiger partial charge in [0.2, 0.25) is 0 Å². The van der Waals surface area contributed by atoms with Crippen molar-refractivity contribution in [3.8, 4) is 11.4 Å². The second-order valence-corrected chi connectivity index (χ2v) is 11.0. The minimum atomic E-state index is -4.73.